The predicted octanol–water partition coefficient (Wildman–Crippen LogP) is 1.87. The first-order valence-corrected chi connectivity index (χ1v) is 7.06. The van der Waals surface area contributed by atoms with Crippen LogP contribution in [0.15, 0.2) is 40.9 Å². The van der Waals surface area contributed by atoms with Crippen molar-refractivity contribution in [2.24, 2.45) is 0 Å². The van der Waals surface area contributed by atoms with Gasteiger partial charge in [-0.1, -0.05) is 30.3 Å². The lowest BCUT2D eigenvalue weighted by atomic mass is 10.0. The minimum Gasteiger partial charge on any atom is -0.494 e. The second kappa shape index (κ2) is 5.64. The molecule has 0 aliphatic carbocycles. The summed E-state index contributed by atoms with van der Waals surface area (Å²) in [5.41, 5.74) is 1.70. The van der Waals surface area contributed by atoms with Gasteiger partial charge in [0.1, 0.15) is 6.61 Å². The van der Waals surface area contributed by atoms with Crippen LogP contribution in [0, 0.1) is 6.92 Å². The topological polar surface area (TPSA) is 88.8 Å². The normalized spacial score (nSPS) is 13.0. The van der Waals surface area contributed by atoms with Crippen molar-refractivity contribution in [1.82, 2.24) is 4.57 Å². The van der Waals surface area contributed by atoms with Crippen LogP contribution in [-0.4, -0.2) is 20.7 Å². The minimum absolute atomic E-state index is 0.0473. The van der Waals surface area contributed by atoms with Gasteiger partial charge in [0, 0.05) is 17.2 Å². The third-order valence-corrected chi connectivity index (χ3v) is 3.89. The van der Waals surface area contributed by atoms with Crippen LogP contribution in [0.2, 0.25) is 0 Å². The maximum atomic E-state index is 12.7. The zero-order chi connectivity index (χ0) is 16.6. The Morgan fingerprint density at radius 2 is 2.00 bits per heavy atom. The molecule has 2 N–H and O–H groups in total. The Hall–Kier alpha value is -3.02. The summed E-state index contributed by atoms with van der Waals surface area (Å²) in [5.74, 6) is -1.63. The fourth-order valence-electron chi connectivity index (χ4n) is 2.60. The van der Waals surface area contributed by atoms with Crippen molar-refractivity contribution in [1.29, 1.82) is 0 Å². The highest BCUT2D eigenvalue weighted by Crippen LogP contribution is 2.28. The van der Waals surface area contributed by atoms with Crippen LogP contribution in [0.3, 0.4) is 0 Å². The molecule has 1 aromatic carbocycles. The lowest BCUT2D eigenvalue weighted by Gasteiger charge is -2.21. The molecule has 0 atom stereocenters. The van der Waals surface area contributed by atoms with E-state index in [0.29, 0.717) is 11.1 Å². The summed E-state index contributed by atoms with van der Waals surface area (Å²) in [6.07, 6.45) is 1.22. The smallest absolute Gasteiger partial charge is 0.371 e. The van der Waals surface area contributed by atoms with Crippen molar-refractivity contribution in [3.05, 3.63) is 68.7 Å². The Morgan fingerprint density at radius 1 is 1.30 bits per heavy atom. The Bertz CT molecular complexity index is 865. The number of aliphatic carboxylic acids is 1. The molecule has 0 bridgehead atoms. The fraction of sp³-hybridized carbons (Fsp3) is 0.176. The molecule has 1 aliphatic rings. The van der Waals surface area contributed by atoms with Gasteiger partial charge in [0.25, 0.3) is 5.56 Å². The average molecular weight is 313 g/mol. The number of hydrogen-bond acceptors (Lipinski definition) is 4. The van der Waals surface area contributed by atoms with Crippen LogP contribution < -0.4 is 5.56 Å². The predicted molar refractivity (Wildman–Crippen MR) is 83.0 cm³/mol. The minimum atomic E-state index is -1.23. The number of benzene rings is 1. The molecule has 0 saturated carbocycles. The quantitative estimate of drug-likeness (QED) is 0.903. The molecule has 23 heavy (non-hydrogen) atoms. The van der Waals surface area contributed by atoms with E-state index in [1.165, 1.54) is 10.6 Å². The number of pyridine rings is 1. The van der Waals surface area contributed by atoms with E-state index in [2.05, 4.69) is 0 Å². The number of aromatic nitrogens is 1. The molecule has 2 aromatic rings. The maximum Gasteiger partial charge on any atom is 0.371 e. The first kappa shape index (κ1) is 14.9. The van der Waals surface area contributed by atoms with Gasteiger partial charge in [0.2, 0.25) is 5.76 Å². The molecule has 6 nitrogen and oxygen atoms in total. The first-order chi connectivity index (χ1) is 11.0. The van der Waals surface area contributed by atoms with Crippen molar-refractivity contribution >= 4 is 12.0 Å². The lowest BCUT2D eigenvalue weighted by Crippen LogP contribution is -2.28. The molecular weight excluding hydrogens is 298 g/mol. The number of hydrogen-bond donors (Lipinski definition) is 2. The molecule has 0 unspecified atom stereocenters. The molecule has 2 heterocycles. The molecule has 1 aromatic heterocycles. The van der Waals surface area contributed by atoms with Crippen LogP contribution in [0.5, 0.6) is 5.88 Å². The monoisotopic (exact) mass is 313 g/mol. The molecule has 0 saturated heterocycles. The summed E-state index contributed by atoms with van der Waals surface area (Å²) in [4.78, 5) is 23.7. The van der Waals surface area contributed by atoms with Gasteiger partial charge in [-0.15, -0.1) is 0 Å². The van der Waals surface area contributed by atoms with E-state index < -0.39 is 11.5 Å². The largest absolute Gasteiger partial charge is 0.494 e. The molecule has 0 spiro atoms. The summed E-state index contributed by atoms with van der Waals surface area (Å²) in [5, 5.41) is 19.4. The number of ether oxygens (including phenoxy) is 1. The number of rotatable bonds is 3. The highest BCUT2D eigenvalue weighted by Gasteiger charge is 2.24. The summed E-state index contributed by atoms with van der Waals surface area (Å²) in [7, 11) is 0. The molecular formula is C17H15NO5. The van der Waals surface area contributed by atoms with Crippen molar-refractivity contribution in [3.8, 4) is 5.88 Å². The van der Waals surface area contributed by atoms with Gasteiger partial charge < -0.3 is 14.9 Å². The van der Waals surface area contributed by atoms with Gasteiger partial charge in [0.05, 0.1) is 12.1 Å². The van der Waals surface area contributed by atoms with Crippen molar-refractivity contribution in [2.75, 3.05) is 0 Å². The van der Waals surface area contributed by atoms with Crippen LogP contribution in [0.4, 0.5) is 0 Å². The van der Waals surface area contributed by atoms with Crippen LogP contribution >= 0.6 is 0 Å². The summed E-state index contributed by atoms with van der Waals surface area (Å²) < 4.78 is 6.36. The molecule has 6 heteroatoms. The first-order valence-electron chi connectivity index (χ1n) is 7.06. The zero-order valence-corrected chi connectivity index (χ0v) is 12.4. The fourth-order valence-corrected chi connectivity index (χ4v) is 2.60. The van der Waals surface area contributed by atoms with Crippen LogP contribution in [-0.2, 0) is 22.7 Å². The number of aromatic hydroxyl groups is 1. The van der Waals surface area contributed by atoms with E-state index in [9.17, 15) is 14.7 Å². The molecule has 0 amide bonds. The van der Waals surface area contributed by atoms with Gasteiger partial charge in [-0.05, 0) is 12.5 Å². The molecule has 0 radical (unpaired) electrons. The third-order valence-electron chi connectivity index (χ3n) is 3.89. The third kappa shape index (κ3) is 2.59. The van der Waals surface area contributed by atoms with E-state index in [1.807, 2.05) is 30.3 Å². The van der Waals surface area contributed by atoms with Gasteiger partial charge in [0.15, 0.2) is 5.88 Å². The Morgan fingerprint density at radius 3 is 2.65 bits per heavy atom. The summed E-state index contributed by atoms with van der Waals surface area (Å²) in [6.45, 7) is 1.84. The molecule has 118 valence electrons. The van der Waals surface area contributed by atoms with Gasteiger partial charge >= 0.3 is 5.97 Å². The second-order valence-electron chi connectivity index (χ2n) is 5.32. The van der Waals surface area contributed by atoms with Gasteiger partial charge in [-0.25, -0.2) is 4.79 Å². The SMILES string of the molecule is Cc1c2c(c(=O)n(Cc3ccccc3)c1O)C=C(C(=O)O)OC2. The lowest BCUT2D eigenvalue weighted by molar-refractivity contribution is -0.136. The summed E-state index contributed by atoms with van der Waals surface area (Å²) >= 11 is 0. The summed E-state index contributed by atoms with van der Waals surface area (Å²) in [6, 6.07) is 9.26. The second-order valence-corrected chi connectivity index (χ2v) is 5.32. The van der Waals surface area contributed by atoms with E-state index in [-0.39, 0.29) is 30.4 Å². The van der Waals surface area contributed by atoms with Crippen molar-refractivity contribution < 1.29 is 19.7 Å². The zero-order valence-electron chi connectivity index (χ0n) is 12.4. The number of carbonyl (C=O) groups is 1. The number of carboxylic acid groups (broad SMARTS) is 1. The Balaban J connectivity index is 2.16. The van der Waals surface area contributed by atoms with Crippen molar-refractivity contribution in [2.45, 2.75) is 20.1 Å². The Kier molecular flexibility index (Phi) is 3.65. The van der Waals surface area contributed by atoms with E-state index in [4.69, 9.17) is 9.84 Å². The van der Waals surface area contributed by atoms with E-state index >= 15 is 0 Å². The highest BCUT2D eigenvalue weighted by atomic mass is 16.5. The van der Waals surface area contributed by atoms with E-state index in [0.717, 1.165) is 5.56 Å². The van der Waals surface area contributed by atoms with Gasteiger partial charge in [-0.3, -0.25) is 9.36 Å². The van der Waals surface area contributed by atoms with E-state index in [1.54, 1.807) is 6.92 Å². The number of carboxylic acids is 1. The standard InChI is InChI=1S/C17H15NO5/c1-10-13-9-23-14(17(21)22)7-12(13)16(20)18(15(10)19)8-11-5-3-2-4-6-11/h2-7,19H,8-9H2,1H3,(H,21,22). The Labute approximate surface area is 131 Å². The maximum absolute atomic E-state index is 12.7. The van der Waals surface area contributed by atoms with Crippen LogP contribution in [0.25, 0.3) is 6.08 Å². The molecule has 1 aliphatic heterocycles. The highest BCUT2D eigenvalue weighted by molar-refractivity contribution is 5.90. The number of fused-ring (bicyclic) bond motifs is 1. The average Bonchev–Trinajstić information content (AvgIpc) is 2.57. The van der Waals surface area contributed by atoms with Crippen LogP contribution in [0.1, 0.15) is 22.3 Å². The van der Waals surface area contributed by atoms with Gasteiger partial charge in [-0.2, -0.15) is 0 Å². The van der Waals surface area contributed by atoms with Crippen molar-refractivity contribution in [3.63, 3.8) is 0 Å². The molecule has 3 rings (SSSR count). The molecule has 0 fully saturated rings. The number of nitrogens with zero attached hydrogens (tertiary/aromatic N) is 1.